The number of rotatable bonds is 5. The van der Waals surface area contributed by atoms with Crippen LogP contribution in [0.3, 0.4) is 0 Å². The van der Waals surface area contributed by atoms with Gasteiger partial charge in [0.05, 0.1) is 5.02 Å². The van der Waals surface area contributed by atoms with E-state index in [9.17, 15) is 4.79 Å². The van der Waals surface area contributed by atoms with Crippen molar-refractivity contribution in [2.24, 2.45) is 0 Å². The molecule has 0 amide bonds. The fourth-order valence-electron chi connectivity index (χ4n) is 1.26. The molecule has 1 N–H and O–H groups in total. The Bertz CT molecular complexity index is 327. The van der Waals surface area contributed by atoms with Crippen molar-refractivity contribution in [3.63, 3.8) is 0 Å². The van der Waals surface area contributed by atoms with E-state index in [1.807, 2.05) is 6.92 Å². The van der Waals surface area contributed by atoms with Gasteiger partial charge in [0.25, 0.3) is 0 Å². The average molecular weight is 229 g/mol. The van der Waals surface area contributed by atoms with E-state index in [0.717, 1.165) is 6.42 Å². The van der Waals surface area contributed by atoms with Crippen LogP contribution in [-0.2, 0) is 4.79 Å². The fraction of sp³-hybridized carbons (Fsp3) is 0.400. The Hall–Kier alpha value is -1.29. The number of aliphatic carboxylic acids is 1. The fourth-order valence-corrected chi connectivity index (χ4v) is 1.37. The topological polar surface area (TPSA) is 53.4 Å². The first-order valence-electron chi connectivity index (χ1n) is 4.71. The molecule has 0 unspecified atom stereocenters. The highest BCUT2D eigenvalue weighted by Crippen LogP contribution is 2.14. The summed E-state index contributed by atoms with van der Waals surface area (Å²) in [6, 6.07) is 3.43. The second-order valence-electron chi connectivity index (χ2n) is 3.15. The van der Waals surface area contributed by atoms with E-state index < -0.39 is 5.97 Å². The SMILES string of the molecule is CCCN(CC(=O)O)c1ccc(Cl)cn1. The van der Waals surface area contributed by atoms with Crippen molar-refractivity contribution in [1.29, 1.82) is 0 Å². The van der Waals surface area contributed by atoms with Crippen LogP contribution in [0.4, 0.5) is 5.82 Å². The number of nitrogens with zero attached hydrogens (tertiary/aromatic N) is 2. The molecule has 0 saturated carbocycles. The second kappa shape index (κ2) is 5.56. The summed E-state index contributed by atoms with van der Waals surface area (Å²) in [7, 11) is 0. The zero-order chi connectivity index (χ0) is 11.3. The molecule has 0 aliphatic heterocycles. The number of hydrogen-bond donors (Lipinski definition) is 1. The lowest BCUT2D eigenvalue weighted by molar-refractivity contribution is -0.135. The van der Waals surface area contributed by atoms with Gasteiger partial charge in [0.2, 0.25) is 0 Å². The lowest BCUT2D eigenvalue weighted by Crippen LogP contribution is -2.30. The third-order valence-corrected chi connectivity index (χ3v) is 2.08. The smallest absolute Gasteiger partial charge is 0.323 e. The van der Waals surface area contributed by atoms with E-state index in [4.69, 9.17) is 16.7 Å². The molecule has 15 heavy (non-hydrogen) atoms. The third kappa shape index (κ3) is 3.75. The van der Waals surface area contributed by atoms with Crippen LogP contribution in [0.2, 0.25) is 5.02 Å². The lowest BCUT2D eigenvalue weighted by atomic mass is 10.3. The summed E-state index contributed by atoms with van der Waals surface area (Å²) in [5.41, 5.74) is 0. The summed E-state index contributed by atoms with van der Waals surface area (Å²) in [6.07, 6.45) is 2.39. The molecule has 1 aromatic heterocycles. The summed E-state index contributed by atoms with van der Waals surface area (Å²) >= 11 is 5.70. The maximum atomic E-state index is 10.6. The molecule has 0 aromatic carbocycles. The minimum Gasteiger partial charge on any atom is -0.480 e. The van der Waals surface area contributed by atoms with Crippen molar-refractivity contribution in [3.8, 4) is 0 Å². The molecule has 0 atom stereocenters. The van der Waals surface area contributed by atoms with E-state index in [1.54, 1.807) is 17.0 Å². The van der Waals surface area contributed by atoms with Gasteiger partial charge in [0, 0.05) is 12.7 Å². The van der Waals surface area contributed by atoms with Gasteiger partial charge in [-0.2, -0.15) is 0 Å². The molecule has 0 bridgehead atoms. The van der Waals surface area contributed by atoms with Crippen molar-refractivity contribution in [2.45, 2.75) is 13.3 Å². The molecule has 0 spiro atoms. The predicted molar refractivity (Wildman–Crippen MR) is 59.4 cm³/mol. The van der Waals surface area contributed by atoms with Crippen LogP contribution in [0, 0.1) is 0 Å². The van der Waals surface area contributed by atoms with Crippen LogP contribution in [0.5, 0.6) is 0 Å². The number of halogens is 1. The van der Waals surface area contributed by atoms with Gasteiger partial charge < -0.3 is 10.0 Å². The van der Waals surface area contributed by atoms with Crippen molar-refractivity contribution >= 4 is 23.4 Å². The lowest BCUT2D eigenvalue weighted by Gasteiger charge is -2.20. The van der Waals surface area contributed by atoms with Gasteiger partial charge in [-0.15, -0.1) is 0 Å². The normalized spacial score (nSPS) is 10.0. The quantitative estimate of drug-likeness (QED) is 0.838. The van der Waals surface area contributed by atoms with Crippen LogP contribution >= 0.6 is 11.6 Å². The highest BCUT2D eigenvalue weighted by Gasteiger charge is 2.10. The highest BCUT2D eigenvalue weighted by molar-refractivity contribution is 6.30. The number of hydrogen-bond acceptors (Lipinski definition) is 3. The Balaban J connectivity index is 2.78. The van der Waals surface area contributed by atoms with Gasteiger partial charge in [-0.05, 0) is 18.6 Å². The number of carboxylic acids is 1. The highest BCUT2D eigenvalue weighted by atomic mass is 35.5. The van der Waals surface area contributed by atoms with Crippen LogP contribution in [0.25, 0.3) is 0 Å². The molecule has 0 fully saturated rings. The Kier molecular flexibility index (Phi) is 4.37. The van der Waals surface area contributed by atoms with Gasteiger partial charge in [-0.25, -0.2) is 4.98 Å². The Morgan fingerprint density at radius 1 is 1.60 bits per heavy atom. The molecular formula is C10H13ClN2O2. The number of pyridine rings is 1. The first-order valence-corrected chi connectivity index (χ1v) is 5.09. The molecule has 0 aliphatic carbocycles. The van der Waals surface area contributed by atoms with Crippen LogP contribution in [0.15, 0.2) is 18.3 Å². The van der Waals surface area contributed by atoms with E-state index in [-0.39, 0.29) is 6.54 Å². The summed E-state index contributed by atoms with van der Waals surface area (Å²) in [6.45, 7) is 2.62. The Morgan fingerprint density at radius 3 is 2.80 bits per heavy atom. The first-order chi connectivity index (χ1) is 7.13. The predicted octanol–water partition coefficient (Wildman–Crippen LogP) is 2.04. The molecule has 0 saturated heterocycles. The molecule has 82 valence electrons. The van der Waals surface area contributed by atoms with E-state index >= 15 is 0 Å². The molecule has 5 heteroatoms. The van der Waals surface area contributed by atoms with Crippen LogP contribution < -0.4 is 4.90 Å². The van der Waals surface area contributed by atoms with Crippen LogP contribution in [0.1, 0.15) is 13.3 Å². The zero-order valence-electron chi connectivity index (χ0n) is 8.48. The monoisotopic (exact) mass is 228 g/mol. The maximum Gasteiger partial charge on any atom is 0.323 e. The second-order valence-corrected chi connectivity index (χ2v) is 3.59. The van der Waals surface area contributed by atoms with Crippen LogP contribution in [-0.4, -0.2) is 29.1 Å². The standard InChI is InChI=1S/C10H13ClN2O2/c1-2-5-13(7-10(14)15)9-4-3-8(11)6-12-9/h3-4,6H,2,5,7H2,1H3,(H,14,15). The van der Waals surface area contributed by atoms with Gasteiger partial charge in [-0.1, -0.05) is 18.5 Å². The third-order valence-electron chi connectivity index (χ3n) is 1.86. The van der Waals surface area contributed by atoms with Crippen molar-refractivity contribution in [2.75, 3.05) is 18.0 Å². The minimum atomic E-state index is -0.861. The largest absolute Gasteiger partial charge is 0.480 e. The Labute approximate surface area is 93.5 Å². The maximum absolute atomic E-state index is 10.6. The van der Waals surface area contributed by atoms with E-state index in [2.05, 4.69) is 4.98 Å². The minimum absolute atomic E-state index is 0.0392. The molecular weight excluding hydrogens is 216 g/mol. The summed E-state index contributed by atoms with van der Waals surface area (Å²) in [5, 5.41) is 9.28. The summed E-state index contributed by atoms with van der Waals surface area (Å²) in [4.78, 5) is 16.4. The van der Waals surface area contributed by atoms with Crippen molar-refractivity contribution in [1.82, 2.24) is 4.98 Å². The summed E-state index contributed by atoms with van der Waals surface area (Å²) < 4.78 is 0. The molecule has 0 radical (unpaired) electrons. The van der Waals surface area contributed by atoms with E-state index in [1.165, 1.54) is 6.20 Å². The number of carboxylic acid groups (broad SMARTS) is 1. The van der Waals surface area contributed by atoms with E-state index in [0.29, 0.717) is 17.4 Å². The van der Waals surface area contributed by atoms with Gasteiger partial charge >= 0.3 is 5.97 Å². The zero-order valence-corrected chi connectivity index (χ0v) is 9.24. The van der Waals surface area contributed by atoms with Gasteiger partial charge in [0.15, 0.2) is 0 Å². The summed E-state index contributed by atoms with van der Waals surface area (Å²) in [5.74, 6) is -0.219. The van der Waals surface area contributed by atoms with Gasteiger partial charge in [0.1, 0.15) is 12.4 Å². The number of anilines is 1. The number of aromatic nitrogens is 1. The molecule has 0 aliphatic rings. The van der Waals surface area contributed by atoms with Crippen molar-refractivity contribution in [3.05, 3.63) is 23.4 Å². The molecule has 1 aromatic rings. The van der Waals surface area contributed by atoms with Crippen molar-refractivity contribution < 1.29 is 9.90 Å². The first kappa shape index (κ1) is 11.8. The molecule has 1 heterocycles. The number of carbonyl (C=O) groups is 1. The molecule has 4 nitrogen and oxygen atoms in total. The molecule has 1 rings (SSSR count). The van der Waals surface area contributed by atoms with Gasteiger partial charge in [-0.3, -0.25) is 4.79 Å². The Morgan fingerprint density at radius 2 is 2.33 bits per heavy atom. The average Bonchev–Trinajstić information content (AvgIpc) is 2.17.